The van der Waals surface area contributed by atoms with E-state index in [1.54, 1.807) is 36.4 Å². The zero-order valence-electron chi connectivity index (χ0n) is 16.8. The first-order chi connectivity index (χ1) is 15.8. The van der Waals surface area contributed by atoms with E-state index >= 15 is 0 Å². The smallest absolute Gasteiger partial charge is 0.258 e. The van der Waals surface area contributed by atoms with Crippen LogP contribution in [-0.2, 0) is 0 Å². The van der Waals surface area contributed by atoms with E-state index in [0.29, 0.717) is 32.0 Å². The zero-order chi connectivity index (χ0) is 23.5. The van der Waals surface area contributed by atoms with E-state index in [4.69, 9.17) is 0 Å². The van der Waals surface area contributed by atoms with Crippen LogP contribution in [0.25, 0.3) is 32.0 Å². The molecule has 0 aliphatic carbocycles. The van der Waals surface area contributed by atoms with Crippen LogP contribution in [-0.4, -0.2) is 14.8 Å². The molecule has 0 spiro atoms. The highest BCUT2D eigenvalue weighted by molar-refractivity contribution is 7.18. The van der Waals surface area contributed by atoms with Gasteiger partial charge in [0.15, 0.2) is 0 Å². The summed E-state index contributed by atoms with van der Waals surface area (Å²) in [6.45, 7) is 0. The van der Waals surface area contributed by atoms with Gasteiger partial charge in [-0.15, -0.1) is 0 Å². The average molecular weight is 460 g/mol. The predicted octanol–water partition coefficient (Wildman–Crippen LogP) is 6.75. The lowest BCUT2D eigenvalue weighted by molar-refractivity contribution is -0.385. The molecule has 0 radical (unpaired) electrons. The summed E-state index contributed by atoms with van der Waals surface area (Å²) in [7, 11) is 0. The standard InChI is InChI=1S/C23H14N3O6S/c27-24(28)19-9-7-15(8-10-19)18-13-22(16-3-1-5-20(11-16)25(29)30)33-23(14-18)17-4-2-6-21(12-17)26(31)32/h1-14H/q+1. The van der Waals surface area contributed by atoms with Crippen LogP contribution in [0.15, 0.2) is 84.9 Å². The van der Waals surface area contributed by atoms with E-state index in [1.807, 2.05) is 12.1 Å². The first-order valence-corrected chi connectivity index (χ1v) is 10.4. The Kier molecular flexibility index (Phi) is 5.83. The number of nitrogens with zero attached hydrogens (tertiary/aromatic N) is 3. The van der Waals surface area contributed by atoms with Crippen molar-refractivity contribution in [2.45, 2.75) is 0 Å². The molecule has 1 aromatic heterocycles. The Morgan fingerprint density at radius 1 is 0.485 bits per heavy atom. The van der Waals surface area contributed by atoms with Crippen molar-refractivity contribution in [1.82, 2.24) is 0 Å². The predicted molar refractivity (Wildman–Crippen MR) is 125 cm³/mol. The van der Waals surface area contributed by atoms with Crippen LogP contribution in [0.3, 0.4) is 0 Å². The minimum atomic E-state index is -0.486. The van der Waals surface area contributed by atoms with Crippen molar-refractivity contribution < 1.29 is 14.8 Å². The van der Waals surface area contributed by atoms with Crippen LogP contribution >= 0.6 is 11.3 Å². The summed E-state index contributed by atoms with van der Waals surface area (Å²) in [4.78, 5) is 33.4. The molecule has 0 unspecified atom stereocenters. The van der Waals surface area contributed by atoms with Gasteiger partial charge in [-0.1, -0.05) is 12.1 Å². The molecule has 0 N–H and O–H groups in total. The Morgan fingerprint density at radius 3 is 1.36 bits per heavy atom. The molecular formula is C23H14N3O6S+. The third kappa shape index (κ3) is 4.70. The molecular weight excluding hydrogens is 446 g/mol. The average Bonchev–Trinajstić information content (AvgIpc) is 2.84. The largest absolute Gasteiger partial charge is 0.270 e. The molecule has 1 heterocycles. The highest BCUT2D eigenvalue weighted by Crippen LogP contribution is 2.39. The van der Waals surface area contributed by atoms with Crippen LogP contribution in [0.2, 0.25) is 0 Å². The van der Waals surface area contributed by atoms with Gasteiger partial charge in [-0.3, -0.25) is 30.3 Å². The molecule has 0 aliphatic rings. The van der Waals surface area contributed by atoms with Gasteiger partial charge in [0.2, 0.25) is 21.1 Å². The van der Waals surface area contributed by atoms with Crippen LogP contribution in [0, 0.1) is 30.3 Å². The van der Waals surface area contributed by atoms with Crippen LogP contribution in [0.1, 0.15) is 0 Å². The van der Waals surface area contributed by atoms with Gasteiger partial charge in [-0.2, -0.15) is 0 Å². The minimum Gasteiger partial charge on any atom is -0.258 e. The van der Waals surface area contributed by atoms with Gasteiger partial charge in [0.25, 0.3) is 17.1 Å². The molecule has 4 aromatic rings. The number of hydrogen-bond acceptors (Lipinski definition) is 6. The van der Waals surface area contributed by atoms with Crippen molar-refractivity contribution in [3.63, 3.8) is 0 Å². The Labute approximate surface area is 190 Å². The fourth-order valence-corrected chi connectivity index (χ4v) is 4.37. The van der Waals surface area contributed by atoms with Crippen molar-refractivity contribution >= 4 is 28.4 Å². The minimum absolute atomic E-state index is 0.0460. The molecule has 0 saturated carbocycles. The quantitative estimate of drug-likeness (QED) is 0.178. The summed E-state index contributed by atoms with van der Waals surface area (Å²) in [5.41, 5.74) is 2.48. The highest BCUT2D eigenvalue weighted by Gasteiger charge is 2.22. The molecule has 0 atom stereocenters. The number of non-ortho nitro benzene ring substituents is 3. The maximum absolute atomic E-state index is 11.2. The summed E-state index contributed by atoms with van der Waals surface area (Å²) in [6.07, 6.45) is 0. The van der Waals surface area contributed by atoms with Gasteiger partial charge in [-0.05, 0) is 35.4 Å². The summed E-state index contributed by atoms with van der Waals surface area (Å²) in [5, 5.41) is 33.5. The second-order valence-electron chi connectivity index (χ2n) is 6.99. The number of hydrogen-bond donors (Lipinski definition) is 0. The first kappa shape index (κ1) is 21.7. The number of nitro groups is 3. The van der Waals surface area contributed by atoms with Crippen molar-refractivity contribution in [2.24, 2.45) is 0 Å². The fraction of sp³-hybridized carbons (Fsp3) is 0. The fourth-order valence-electron chi connectivity index (χ4n) is 3.27. The van der Waals surface area contributed by atoms with E-state index in [9.17, 15) is 30.3 Å². The highest BCUT2D eigenvalue weighted by atomic mass is 32.1. The van der Waals surface area contributed by atoms with Gasteiger partial charge >= 0.3 is 0 Å². The number of nitro benzene ring substituents is 3. The van der Waals surface area contributed by atoms with Gasteiger partial charge in [0.1, 0.15) is 0 Å². The third-order valence-electron chi connectivity index (χ3n) is 4.89. The molecule has 9 nitrogen and oxygen atoms in total. The second-order valence-corrected chi connectivity index (χ2v) is 8.08. The molecule has 0 amide bonds. The van der Waals surface area contributed by atoms with Gasteiger partial charge < -0.3 is 0 Å². The zero-order valence-corrected chi connectivity index (χ0v) is 17.6. The molecule has 4 rings (SSSR count). The van der Waals surface area contributed by atoms with E-state index in [-0.39, 0.29) is 17.1 Å². The number of rotatable bonds is 6. The summed E-state index contributed by atoms with van der Waals surface area (Å²) >= 11 is 1.33. The van der Waals surface area contributed by atoms with E-state index in [2.05, 4.69) is 0 Å². The summed E-state index contributed by atoms with van der Waals surface area (Å²) < 4.78 is 0. The maximum atomic E-state index is 11.2. The molecule has 0 bridgehead atoms. The molecule has 10 heteroatoms. The van der Waals surface area contributed by atoms with Gasteiger partial charge in [0, 0.05) is 59.7 Å². The lowest BCUT2D eigenvalue weighted by Gasteiger charge is -2.03. The monoisotopic (exact) mass is 460 g/mol. The molecule has 0 saturated heterocycles. The number of benzene rings is 3. The van der Waals surface area contributed by atoms with Crippen molar-refractivity contribution in [2.75, 3.05) is 0 Å². The Bertz CT molecular complexity index is 1330. The van der Waals surface area contributed by atoms with Crippen LogP contribution in [0.4, 0.5) is 17.1 Å². The second kappa shape index (κ2) is 8.89. The Hall–Kier alpha value is -4.57. The van der Waals surface area contributed by atoms with Crippen molar-refractivity contribution in [1.29, 1.82) is 0 Å². The molecule has 33 heavy (non-hydrogen) atoms. The first-order valence-electron chi connectivity index (χ1n) is 9.54. The molecule has 0 fully saturated rings. The third-order valence-corrected chi connectivity index (χ3v) is 6.03. The maximum Gasteiger partial charge on any atom is 0.270 e. The SMILES string of the molecule is O=[N+]([O-])c1ccc(-c2cc(-c3cccc([N+](=O)[O-])c3)[s+]c(-c3cccc([N+](=O)[O-])c3)c2)cc1. The van der Waals surface area contributed by atoms with Crippen LogP contribution < -0.4 is 0 Å². The molecule has 0 aliphatic heterocycles. The molecule has 162 valence electrons. The van der Waals surface area contributed by atoms with Gasteiger partial charge in [0.05, 0.1) is 14.8 Å². The van der Waals surface area contributed by atoms with Crippen molar-refractivity contribution in [3.8, 4) is 32.0 Å². The summed E-state index contributed by atoms with van der Waals surface area (Å²) in [6, 6.07) is 22.1. The van der Waals surface area contributed by atoms with Gasteiger partial charge in [-0.25, -0.2) is 0 Å². The van der Waals surface area contributed by atoms with Crippen LogP contribution in [0.5, 0.6) is 0 Å². The van der Waals surface area contributed by atoms with Crippen molar-refractivity contribution in [3.05, 3.63) is 115 Å². The lowest BCUT2D eigenvalue weighted by atomic mass is 10.0. The lowest BCUT2D eigenvalue weighted by Crippen LogP contribution is -1.90. The van der Waals surface area contributed by atoms with E-state index < -0.39 is 14.8 Å². The Morgan fingerprint density at radius 2 is 0.939 bits per heavy atom. The Balaban J connectivity index is 1.90. The van der Waals surface area contributed by atoms with E-state index in [1.165, 1.54) is 47.7 Å². The summed E-state index contributed by atoms with van der Waals surface area (Å²) in [5.74, 6) is 0. The molecule has 3 aromatic carbocycles. The normalized spacial score (nSPS) is 10.5. The van der Waals surface area contributed by atoms with E-state index in [0.717, 1.165) is 0 Å². The topological polar surface area (TPSA) is 129 Å².